The van der Waals surface area contributed by atoms with Gasteiger partial charge < -0.3 is 9.72 Å². The molecule has 4 heteroatoms. The third-order valence-corrected chi connectivity index (χ3v) is 3.06. The molecule has 20 heavy (non-hydrogen) atoms. The van der Waals surface area contributed by atoms with E-state index in [0.717, 1.165) is 28.2 Å². The molecule has 2 aromatic carbocycles. The standard InChI is InChI=1S/C16H13N3O/c1-11-18-15-7-6-14(8-16(15)19-11)20-10-13-4-2-12(9-17)3-5-13/h2-8H,10H2,1H3,(H,18,19). The van der Waals surface area contributed by atoms with Gasteiger partial charge in [-0.05, 0) is 36.8 Å². The van der Waals surface area contributed by atoms with Crippen LogP contribution in [0.15, 0.2) is 42.5 Å². The van der Waals surface area contributed by atoms with Crippen molar-refractivity contribution in [1.82, 2.24) is 9.97 Å². The van der Waals surface area contributed by atoms with Crippen LogP contribution in [0.4, 0.5) is 0 Å². The molecule has 0 aliphatic heterocycles. The van der Waals surface area contributed by atoms with Crippen LogP contribution in [-0.4, -0.2) is 9.97 Å². The van der Waals surface area contributed by atoms with Crippen molar-refractivity contribution < 1.29 is 4.74 Å². The van der Waals surface area contributed by atoms with Crippen LogP contribution in [0, 0.1) is 18.3 Å². The second-order valence-corrected chi connectivity index (χ2v) is 4.60. The van der Waals surface area contributed by atoms with E-state index in [1.807, 2.05) is 37.3 Å². The number of nitrogens with one attached hydrogen (secondary N) is 1. The van der Waals surface area contributed by atoms with Crippen LogP contribution in [0.1, 0.15) is 17.0 Å². The van der Waals surface area contributed by atoms with E-state index in [1.165, 1.54) is 0 Å². The summed E-state index contributed by atoms with van der Waals surface area (Å²) in [6.45, 7) is 2.40. The molecule has 3 aromatic rings. The zero-order chi connectivity index (χ0) is 13.9. The van der Waals surface area contributed by atoms with Crippen molar-refractivity contribution in [2.75, 3.05) is 0 Å². The molecule has 0 radical (unpaired) electrons. The topological polar surface area (TPSA) is 61.7 Å². The number of aromatic amines is 1. The fraction of sp³-hybridized carbons (Fsp3) is 0.125. The van der Waals surface area contributed by atoms with Gasteiger partial charge in [0.15, 0.2) is 0 Å². The lowest BCUT2D eigenvalue weighted by atomic mass is 10.1. The molecule has 1 N–H and O–H groups in total. The number of hydrogen-bond acceptors (Lipinski definition) is 3. The Bertz CT molecular complexity index is 782. The number of benzene rings is 2. The Hall–Kier alpha value is -2.80. The van der Waals surface area contributed by atoms with E-state index < -0.39 is 0 Å². The van der Waals surface area contributed by atoms with Gasteiger partial charge in [0.05, 0.1) is 22.7 Å². The Morgan fingerprint density at radius 3 is 2.75 bits per heavy atom. The van der Waals surface area contributed by atoms with Crippen LogP contribution in [0.2, 0.25) is 0 Å². The SMILES string of the molecule is Cc1nc2ccc(OCc3ccc(C#N)cc3)cc2[nH]1. The highest BCUT2D eigenvalue weighted by atomic mass is 16.5. The highest BCUT2D eigenvalue weighted by Gasteiger charge is 2.02. The maximum Gasteiger partial charge on any atom is 0.122 e. The predicted octanol–water partition coefficient (Wildman–Crippen LogP) is 3.32. The van der Waals surface area contributed by atoms with Crippen LogP contribution in [0.25, 0.3) is 11.0 Å². The van der Waals surface area contributed by atoms with E-state index in [1.54, 1.807) is 12.1 Å². The number of imidazole rings is 1. The van der Waals surface area contributed by atoms with Gasteiger partial charge in [0.2, 0.25) is 0 Å². The van der Waals surface area contributed by atoms with Crippen molar-refractivity contribution in [2.24, 2.45) is 0 Å². The molecule has 0 unspecified atom stereocenters. The number of aromatic nitrogens is 2. The molecule has 0 amide bonds. The number of H-pyrrole nitrogens is 1. The number of fused-ring (bicyclic) bond motifs is 1. The molecule has 0 bridgehead atoms. The van der Waals surface area contributed by atoms with Gasteiger partial charge in [-0.3, -0.25) is 0 Å². The first-order valence-corrected chi connectivity index (χ1v) is 6.33. The van der Waals surface area contributed by atoms with Crippen LogP contribution in [-0.2, 0) is 6.61 Å². The van der Waals surface area contributed by atoms with Gasteiger partial charge in [0.1, 0.15) is 18.2 Å². The Kier molecular flexibility index (Phi) is 3.10. The van der Waals surface area contributed by atoms with Crippen LogP contribution in [0.5, 0.6) is 5.75 Å². The Labute approximate surface area is 116 Å². The third kappa shape index (κ3) is 2.47. The number of aryl methyl sites for hydroxylation is 1. The summed E-state index contributed by atoms with van der Waals surface area (Å²) in [4.78, 5) is 7.53. The van der Waals surface area contributed by atoms with E-state index in [9.17, 15) is 0 Å². The molecule has 0 spiro atoms. The summed E-state index contributed by atoms with van der Waals surface area (Å²) < 4.78 is 5.75. The number of nitrogens with zero attached hydrogens (tertiary/aromatic N) is 2. The Morgan fingerprint density at radius 1 is 1.20 bits per heavy atom. The van der Waals surface area contributed by atoms with Crippen molar-refractivity contribution in [3.05, 3.63) is 59.4 Å². The minimum absolute atomic E-state index is 0.477. The van der Waals surface area contributed by atoms with E-state index in [0.29, 0.717) is 12.2 Å². The molecule has 1 aromatic heterocycles. The fourth-order valence-electron chi connectivity index (χ4n) is 2.05. The molecule has 0 atom stereocenters. The van der Waals surface area contributed by atoms with Crippen LogP contribution < -0.4 is 4.74 Å². The van der Waals surface area contributed by atoms with Gasteiger partial charge in [-0.25, -0.2) is 4.98 Å². The number of hydrogen-bond donors (Lipinski definition) is 1. The molecule has 4 nitrogen and oxygen atoms in total. The van der Waals surface area contributed by atoms with Gasteiger partial charge in [-0.2, -0.15) is 5.26 Å². The smallest absolute Gasteiger partial charge is 0.122 e. The summed E-state index contributed by atoms with van der Waals surface area (Å²) in [6, 6.07) is 15.3. The largest absolute Gasteiger partial charge is 0.489 e. The molecule has 3 rings (SSSR count). The zero-order valence-corrected chi connectivity index (χ0v) is 11.1. The lowest BCUT2D eigenvalue weighted by Crippen LogP contribution is -1.95. The van der Waals surface area contributed by atoms with E-state index in [2.05, 4.69) is 16.0 Å². The van der Waals surface area contributed by atoms with Gasteiger partial charge in [-0.1, -0.05) is 12.1 Å². The highest BCUT2D eigenvalue weighted by molar-refractivity contribution is 5.76. The minimum atomic E-state index is 0.477. The summed E-state index contributed by atoms with van der Waals surface area (Å²) in [6.07, 6.45) is 0. The Morgan fingerprint density at radius 2 is 2.00 bits per heavy atom. The van der Waals surface area contributed by atoms with E-state index in [-0.39, 0.29) is 0 Å². The highest BCUT2D eigenvalue weighted by Crippen LogP contribution is 2.20. The molecular weight excluding hydrogens is 250 g/mol. The van der Waals surface area contributed by atoms with Gasteiger partial charge in [0, 0.05) is 6.07 Å². The van der Waals surface area contributed by atoms with Crippen LogP contribution >= 0.6 is 0 Å². The first-order valence-electron chi connectivity index (χ1n) is 6.33. The van der Waals surface area contributed by atoms with Crippen molar-refractivity contribution in [3.63, 3.8) is 0 Å². The van der Waals surface area contributed by atoms with Gasteiger partial charge in [0.25, 0.3) is 0 Å². The molecule has 0 fully saturated rings. The summed E-state index contributed by atoms with van der Waals surface area (Å²) >= 11 is 0. The average molecular weight is 263 g/mol. The summed E-state index contributed by atoms with van der Waals surface area (Å²) in [5.74, 6) is 1.69. The van der Waals surface area contributed by atoms with E-state index in [4.69, 9.17) is 10.00 Å². The van der Waals surface area contributed by atoms with Crippen LogP contribution in [0.3, 0.4) is 0 Å². The Balaban J connectivity index is 1.74. The summed E-state index contributed by atoms with van der Waals surface area (Å²) in [7, 11) is 0. The van der Waals surface area contributed by atoms with Gasteiger partial charge in [-0.15, -0.1) is 0 Å². The molecule has 0 saturated carbocycles. The van der Waals surface area contributed by atoms with Crippen molar-refractivity contribution >= 4 is 11.0 Å². The molecule has 0 aliphatic carbocycles. The van der Waals surface area contributed by atoms with Crippen molar-refractivity contribution in [3.8, 4) is 11.8 Å². The first kappa shape index (κ1) is 12.2. The second-order valence-electron chi connectivity index (χ2n) is 4.60. The molecule has 98 valence electrons. The maximum atomic E-state index is 8.75. The molecule has 0 aliphatic rings. The number of ether oxygens (including phenoxy) is 1. The summed E-state index contributed by atoms with van der Waals surface area (Å²) in [5, 5.41) is 8.75. The molecule has 0 saturated heterocycles. The second kappa shape index (κ2) is 5.06. The summed E-state index contributed by atoms with van der Waals surface area (Å²) in [5.41, 5.74) is 3.60. The normalized spacial score (nSPS) is 10.4. The molecule has 1 heterocycles. The maximum absolute atomic E-state index is 8.75. The lowest BCUT2D eigenvalue weighted by molar-refractivity contribution is 0.306. The quantitative estimate of drug-likeness (QED) is 0.788. The van der Waals surface area contributed by atoms with Crippen molar-refractivity contribution in [1.29, 1.82) is 5.26 Å². The number of nitriles is 1. The molecular formula is C16H13N3O. The monoisotopic (exact) mass is 263 g/mol. The fourth-order valence-corrected chi connectivity index (χ4v) is 2.05. The average Bonchev–Trinajstić information content (AvgIpc) is 2.85. The van der Waals surface area contributed by atoms with Gasteiger partial charge >= 0.3 is 0 Å². The minimum Gasteiger partial charge on any atom is -0.489 e. The van der Waals surface area contributed by atoms with Crippen molar-refractivity contribution in [2.45, 2.75) is 13.5 Å². The third-order valence-electron chi connectivity index (χ3n) is 3.06. The van der Waals surface area contributed by atoms with E-state index >= 15 is 0 Å². The predicted molar refractivity (Wildman–Crippen MR) is 76.3 cm³/mol. The zero-order valence-electron chi connectivity index (χ0n) is 11.1. The number of rotatable bonds is 3. The first-order chi connectivity index (χ1) is 9.74. The lowest BCUT2D eigenvalue weighted by Gasteiger charge is -2.06.